The number of aliphatic hydroxyl groups is 1. The molecule has 0 aliphatic rings. The van der Waals surface area contributed by atoms with Crippen molar-refractivity contribution in [3.05, 3.63) is 29.8 Å². The maximum Gasteiger partial charge on any atom is 0.303 e. The van der Waals surface area contributed by atoms with Gasteiger partial charge >= 0.3 is 5.97 Å². The molecule has 73 heavy (non-hydrogen) atoms. The van der Waals surface area contributed by atoms with Gasteiger partial charge in [0.2, 0.25) is 53.2 Å². The van der Waals surface area contributed by atoms with Crippen LogP contribution in [0.15, 0.2) is 24.3 Å². The van der Waals surface area contributed by atoms with Crippen molar-refractivity contribution in [3.8, 4) is 5.75 Å². The van der Waals surface area contributed by atoms with Crippen molar-refractivity contribution < 1.29 is 68.1 Å². The Labute approximate surface area is 425 Å². The molecule has 0 aliphatic heterocycles. The lowest BCUT2D eigenvalue weighted by atomic mass is 10.00. The predicted octanol–water partition coefficient (Wildman–Crippen LogP) is -3.94. The number of phenols is 1. The second-order valence-electron chi connectivity index (χ2n) is 18.2. The van der Waals surface area contributed by atoms with Crippen molar-refractivity contribution in [1.29, 1.82) is 0 Å². The van der Waals surface area contributed by atoms with Crippen molar-refractivity contribution in [2.45, 2.75) is 166 Å². The fraction of sp³-hybridized carbons (Fsp3) is 0.638. The van der Waals surface area contributed by atoms with Gasteiger partial charge < -0.3 is 85.2 Å². The molecule has 0 saturated heterocycles. The van der Waals surface area contributed by atoms with Gasteiger partial charge in [0.25, 0.3) is 0 Å². The topological polar surface area (TPSA) is 435 Å². The molecule has 10 atom stereocenters. The largest absolute Gasteiger partial charge is 0.508 e. The van der Waals surface area contributed by atoms with Crippen LogP contribution in [0, 0.1) is 5.92 Å². The number of aliphatic hydroxyl groups excluding tert-OH is 1. The van der Waals surface area contributed by atoms with E-state index in [1.807, 2.05) is 0 Å². The molecule has 9 amide bonds. The number of aliphatic carboxylic acids is 1. The van der Waals surface area contributed by atoms with Crippen molar-refractivity contribution >= 4 is 65.4 Å². The van der Waals surface area contributed by atoms with Gasteiger partial charge in [-0.05, 0) is 116 Å². The molecule has 0 spiro atoms. The first-order chi connectivity index (χ1) is 34.4. The van der Waals surface area contributed by atoms with E-state index in [-0.39, 0.29) is 50.4 Å². The van der Waals surface area contributed by atoms with Gasteiger partial charge in [0, 0.05) is 12.8 Å². The average Bonchev–Trinajstić information content (AvgIpc) is 3.33. The fourth-order valence-electron chi connectivity index (χ4n) is 6.87. The summed E-state index contributed by atoms with van der Waals surface area (Å²) in [4.78, 5) is 144. The third-order valence-electron chi connectivity index (χ3n) is 11.1. The minimum Gasteiger partial charge on any atom is -0.508 e. The quantitative estimate of drug-likeness (QED) is 0.0228. The Morgan fingerprint density at radius 1 is 0.521 bits per heavy atom. The van der Waals surface area contributed by atoms with Crippen LogP contribution in [0.25, 0.3) is 0 Å². The number of carbonyl (C=O) groups is 11. The van der Waals surface area contributed by atoms with Crippen LogP contribution in [0.5, 0.6) is 5.75 Å². The number of nitrogens with one attached hydrogen (secondary N) is 9. The number of nitrogens with two attached hydrogens (primary N) is 3. The zero-order valence-electron chi connectivity index (χ0n) is 42.5. The van der Waals surface area contributed by atoms with Crippen LogP contribution in [-0.2, 0) is 59.2 Å². The van der Waals surface area contributed by atoms with E-state index in [2.05, 4.69) is 47.9 Å². The molecule has 0 radical (unpaired) electrons. The van der Waals surface area contributed by atoms with E-state index in [1.54, 1.807) is 13.8 Å². The number of aldehydes is 1. The summed E-state index contributed by atoms with van der Waals surface area (Å²) < 4.78 is 0. The molecule has 26 nitrogen and oxygen atoms in total. The highest BCUT2D eigenvalue weighted by Crippen LogP contribution is 2.14. The first-order valence-electron chi connectivity index (χ1n) is 24.3. The molecule has 0 aromatic heterocycles. The maximum absolute atomic E-state index is 14.3. The highest BCUT2D eigenvalue weighted by molar-refractivity contribution is 5.98. The van der Waals surface area contributed by atoms with Crippen molar-refractivity contribution in [1.82, 2.24) is 47.9 Å². The normalized spacial score (nSPS) is 15.2. The van der Waals surface area contributed by atoms with Gasteiger partial charge in [-0.1, -0.05) is 26.0 Å². The van der Waals surface area contributed by atoms with Gasteiger partial charge in [0.1, 0.15) is 60.4 Å². The summed E-state index contributed by atoms with van der Waals surface area (Å²) in [5, 5.41) is 52.0. The summed E-state index contributed by atoms with van der Waals surface area (Å²) in [5.41, 5.74) is 17.3. The van der Waals surface area contributed by atoms with Gasteiger partial charge in [-0.2, -0.15) is 0 Å². The van der Waals surface area contributed by atoms with Crippen molar-refractivity contribution in [2.24, 2.45) is 23.1 Å². The fourth-order valence-corrected chi connectivity index (χ4v) is 6.87. The van der Waals surface area contributed by atoms with E-state index in [0.717, 1.165) is 0 Å². The number of aromatic hydroxyl groups is 1. The molecule has 1 aromatic rings. The molecule has 0 fully saturated rings. The zero-order chi connectivity index (χ0) is 55.4. The van der Waals surface area contributed by atoms with Crippen molar-refractivity contribution in [3.63, 3.8) is 0 Å². The van der Waals surface area contributed by atoms with Crippen molar-refractivity contribution in [2.75, 3.05) is 19.7 Å². The third-order valence-corrected chi connectivity index (χ3v) is 11.1. The molecular formula is C47H78N12O14. The molecule has 0 heterocycles. The van der Waals surface area contributed by atoms with E-state index >= 15 is 0 Å². The Balaban J connectivity index is 3.57. The van der Waals surface area contributed by atoms with Gasteiger partial charge in [0.15, 0.2) is 0 Å². The molecule has 18 N–H and O–H groups in total. The maximum atomic E-state index is 14.3. The summed E-state index contributed by atoms with van der Waals surface area (Å²) in [5.74, 6) is -9.43. The second kappa shape index (κ2) is 33.8. The van der Waals surface area contributed by atoms with E-state index < -0.39 is 139 Å². The molecule has 1 aromatic carbocycles. The Kier molecular flexibility index (Phi) is 29.7. The molecule has 26 heteroatoms. The molecule has 0 bridgehead atoms. The molecule has 0 unspecified atom stereocenters. The third kappa shape index (κ3) is 25.0. The SMILES string of the molecule is CC(C)C[C@H](NC(=O)[C@H](CO)NC(=O)[C@H](C)NC(=O)[C@H](C)N)C(=O)N[C@@H](Cc1ccc(O)cc1)C(=O)N[C@@H](CCC(=O)O)C(=O)N[C@@H](CCCCN)C(=O)N[C@@H](CCCCN)C(=O)N[C@@H](C)C(=O)N[C@@H](C)C=O. The highest BCUT2D eigenvalue weighted by atomic mass is 16.4. The Bertz CT molecular complexity index is 2010. The standard InChI is InChI=1S/C47H78N12O14/c1-25(2)21-35(57-47(73)37(24-61)59-41(67)29(6)52-39(65)27(4)50)45(71)58-36(22-30-13-15-31(62)16-14-30)46(72)56-34(17-18-38(63)64)44(70)55-33(12-8-10-20-49)43(69)54-32(11-7-9-19-48)42(68)53-28(5)40(66)51-26(3)23-60/h13-16,23,25-29,32-37,61-62H,7-12,17-22,24,48-50H2,1-6H3,(H,51,66)(H,52,65)(H,53,68)(H,54,69)(H,55,70)(H,56,72)(H,57,73)(H,58,71)(H,59,67)(H,63,64)/t26-,27-,28-,29-,32-,33-,34-,35-,36-,37-/m0/s1. The first-order valence-corrected chi connectivity index (χ1v) is 24.3. The van der Waals surface area contributed by atoms with E-state index in [0.29, 0.717) is 37.5 Å². The van der Waals surface area contributed by atoms with Crippen LogP contribution in [0.3, 0.4) is 0 Å². The minimum absolute atomic E-state index is 0.0274. The number of unbranched alkanes of at least 4 members (excludes halogenated alkanes) is 2. The van der Waals surface area contributed by atoms with Crippen LogP contribution < -0.4 is 65.1 Å². The lowest BCUT2D eigenvalue weighted by Crippen LogP contribution is -2.61. The highest BCUT2D eigenvalue weighted by Gasteiger charge is 2.35. The monoisotopic (exact) mass is 1030 g/mol. The molecule has 410 valence electrons. The number of carboxylic acids is 1. The predicted molar refractivity (Wildman–Crippen MR) is 265 cm³/mol. The Hall–Kier alpha value is -6.77. The van der Waals surface area contributed by atoms with Crippen LogP contribution in [0.2, 0.25) is 0 Å². The Morgan fingerprint density at radius 2 is 0.918 bits per heavy atom. The number of carboxylic acid groups (broad SMARTS) is 1. The molecular weight excluding hydrogens is 957 g/mol. The van der Waals surface area contributed by atoms with Gasteiger partial charge in [-0.3, -0.25) is 47.9 Å². The van der Waals surface area contributed by atoms with E-state index in [1.165, 1.54) is 52.0 Å². The number of benzene rings is 1. The lowest BCUT2D eigenvalue weighted by Gasteiger charge is -2.28. The lowest BCUT2D eigenvalue weighted by molar-refractivity contribution is -0.139. The average molecular weight is 1040 g/mol. The van der Waals surface area contributed by atoms with Gasteiger partial charge in [-0.25, -0.2) is 0 Å². The number of carbonyl (C=O) groups excluding carboxylic acids is 10. The Morgan fingerprint density at radius 3 is 1.37 bits per heavy atom. The summed E-state index contributed by atoms with van der Waals surface area (Å²) in [7, 11) is 0. The number of amides is 9. The van der Waals surface area contributed by atoms with Crippen LogP contribution in [0.4, 0.5) is 0 Å². The number of phenolic OH excluding ortho intramolecular Hbond substituents is 1. The second-order valence-corrected chi connectivity index (χ2v) is 18.2. The molecule has 0 saturated carbocycles. The summed E-state index contributed by atoms with van der Waals surface area (Å²) >= 11 is 0. The number of rotatable bonds is 35. The van der Waals surface area contributed by atoms with Crippen LogP contribution in [-0.4, -0.2) is 161 Å². The van der Waals surface area contributed by atoms with Gasteiger partial charge in [-0.15, -0.1) is 0 Å². The summed E-state index contributed by atoms with van der Waals surface area (Å²) in [6, 6.07) is -7.34. The smallest absolute Gasteiger partial charge is 0.303 e. The summed E-state index contributed by atoms with van der Waals surface area (Å²) in [6.45, 7) is 8.56. The number of hydrogen-bond acceptors (Lipinski definition) is 16. The molecule has 1 rings (SSSR count). The minimum atomic E-state index is -1.65. The van der Waals surface area contributed by atoms with Crippen LogP contribution >= 0.6 is 0 Å². The van der Waals surface area contributed by atoms with E-state index in [4.69, 9.17) is 17.2 Å². The first kappa shape index (κ1) is 64.2. The zero-order valence-corrected chi connectivity index (χ0v) is 42.5. The molecule has 0 aliphatic carbocycles. The number of hydrogen-bond donors (Lipinski definition) is 15. The van der Waals surface area contributed by atoms with Gasteiger partial charge in [0.05, 0.1) is 18.7 Å². The summed E-state index contributed by atoms with van der Waals surface area (Å²) in [6.07, 6.45) is 0.619. The van der Waals surface area contributed by atoms with Crippen LogP contribution in [0.1, 0.15) is 105 Å². The van der Waals surface area contributed by atoms with E-state index in [9.17, 15) is 68.1 Å².